The Morgan fingerprint density at radius 1 is 1.16 bits per heavy atom. The van der Waals surface area contributed by atoms with Gasteiger partial charge in [-0.05, 0) is 87.6 Å². The number of nitrogens with zero attached hydrogens (tertiary/aromatic N) is 1. The zero-order chi connectivity index (χ0) is 22.4. The van der Waals surface area contributed by atoms with Crippen LogP contribution in [0.2, 0.25) is 0 Å². The van der Waals surface area contributed by atoms with Gasteiger partial charge in [0.25, 0.3) is 15.9 Å². The minimum absolute atomic E-state index is 0.169. The van der Waals surface area contributed by atoms with Crippen LogP contribution in [0.5, 0.6) is 0 Å². The molecule has 8 heteroatoms. The summed E-state index contributed by atoms with van der Waals surface area (Å²) in [4.78, 5) is 14.7. The fourth-order valence-corrected chi connectivity index (χ4v) is 4.63. The van der Waals surface area contributed by atoms with Gasteiger partial charge in [0, 0.05) is 17.8 Å². The first kappa shape index (κ1) is 23.2. The van der Waals surface area contributed by atoms with Gasteiger partial charge in [-0.3, -0.25) is 9.52 Å². The fraction of sp³-hybridized carbons (Fsp3) is 0.435. The molecule has 31 heavy (non-hydrogen) atoms. The van der Waals surface area contributed by atoms with Crippen LogP contribution in [0.3, 0.4) is 0 Å². The number of amides is 1. The summed E-state index contributed by atoms with van der Waals surface area (Å²) >= 11 is 0. The zero-order valence-electron chi connectivity index (χ0n) is 18.0. The van der Waals surface area contributed by atoms with Gasteiger partial charge in [0.1, 0.15) is 5.82 Å². The number of hydrogen-bond acceptors (Lipinski definition) is 4. The molecule has 6 nitrogen and oxygen atoms in total. The highest BCUT2D eigenvalue weighted by molar-refractivity contribution is 7.92. The van der Waals surface area contributed by atoms with Gasteiger partial charge in [-0.25, -0.2) is 12.8 Å². The molecule has 0 bridgehead atoms. The maximum absolute atomic E-state index is 13.8. The summed E-state index contributed by atoms with van der Waals surface area (Å²) in [5.41, 5.74) is 0.977. The third kappa shape index (κ3) is 6.51. The normalized spacial score (nSPS) is 15.6. The molecule has 0 radical (unpaired) electrons. The molecule has 1 aliphatic rings. The molecule has 1 fully saturated rings. The molecule has 2 aromatic carbocycles. The number of hydrogen-bond donors (Lipinski definition) is 2. The highest BCUT2D eigenvalue weighted by atomic mass is 32.2. The van der Waals surface area contributed by atoms with Crippen molar-refractivity contribution in [1.29, 1.82) is 0 Å². The maximum Gasteiger partial charge on any atom is 0.261 e. The van der Waals surface area contributed by atoms with Gasteiger partial charge in [0.15, 0.2) is 0 Å². The summed E-state index contributed by atoms with van der Waals surface area (Å²) in [6.07, 6.45) is 3.32. The number of nitrogens with one attached hydrogen (secondary N) is 2. The Kier molecular flexibility index (Phi) is 7.67. The summed E-state index contributed by atoms with van der Waals surface area (Å²) in [5.74, 6) is -0.0459. The molecular formula is C23H30FN3O3S. The van der Waals surface area contributed by atoms with Gasteiger partial charge in [-0.15, -0.1) is 0 Å². The molecule has 1 saturated heterocycles. The Morgan fingerprint density at radius 3 is 2.61 bits per heavy atom. The quantitative estimate of drug-likeness (QED) is 0.604. The van der Waals surface area contributed by atoms with Gasteiger partial charge >= 0.3 is 0 Å². The minimum atomic E-state index is -3.96. The predicted molar refractivity (Wildman–Crippen MR) is 120 cm³/mol. The van der Waals surface area contributed by atoms with E-state index in [2.05, 4.69) is 21.9 Å². The second-order valence-corrected chi connectivity index (χ2v) is 9.91. The van der Waals surface area contributed by atoms with E-state index in [1.807, 2.05) is 0 Å². The first-order valence-electron chi connectivity index (χ1n) is 10.6. The van der Waals surface area contributed by atoms with Crippen molar-refractivity contribution in [3.05, 3.63) is 59.4 Å². The lowest BCUT2D eigenvalue weighted by atomic mass is 9.99. The van der Waals surface area contributed by atoms with Crippen molar-refractivity contribution in [1.82, 2.24) is 10.2 Å². The number of aryl methyl sites for hydroxylation is 1. The number of piperidine rings is 1. The van der Waals surface area contributed by atoms with Gasteiger partial charge in [0.05, 0.1) is 4.90 Å². The van der Waals surface area contributed by atoms with Crippen molar-refractivity contribution < 1.29 is 17.6 Å². The molecule has 3 rings (SSSR count). The Hall–Kier alpha value is -2.45. The number of carbonyl (C=O) groups excluding carboxylic acids is 1. The van der Waals surface area contributed by atoms with E-state index < -0.39 is 15.8 Å². The smallest absolute Gasteiger partial charge is 0.261 e. The number of anilines is 1. The molecule has 2 N–H and O–H groups in total. The molecule has 0 unspecified atom stereocenters. The van der Waals surface area contributed by atoms with Crippen molar-refractivity contribution in [2.75, 3.05) is 30.9 Å². The molecular weight excluding hydrogens is 417 g/mol. The molecule has 0 aliphatic carbocycles. The summed E-state index contributed by atoms with van der Waals surface area (Å²) < 4.78 is 41.3. The first-order chi connectivity index (χ1) is 14.7. The lowest BCUT2D eigenvalue weighted by Gasteiger charge is -2.30. The van der Waals surface area contributed by atoms with E-state index in [0.717, 1.165) is 38.0 Å². The van der Waals surface area contributed by atoms with Gasteiger partial charge in [0.2, 0.25) is 0 Å². The van der Waals surface area contributed by atoms with Crippen molar-refractivity contribution in [2.24, 2.45) is 5.92 Å². The average molecular weight is 448 g/mol. The number of sulfonamides is 1. The topological polar surface area (TPSA) is 78.5 Å². The lowest BCUT2D eigenvalue weighted by molar-refractivity contribution is 0.0950. The van der Waals surface area contributed by atoms with Crippen molar-refractivity contribution in [2.45, 2.75) is 38.0 Å². The molecule has 1 amide bonds. The molecule has 1 aliphatic heterocycles. The Labute approximate surface area is 183 Å². The average Bonchev–Trinajstić information content (AvgIpc) is 2.74. The Bertz CT molecular complexity index is 1020. The molecule has 0 saturated carbocycles. The van der Waals surface area contributed by atoms with Crippen LogP contribution in [-0.4, -0.2) is 45.4 Å². The van der Waals surface area contributed by atoms with E-state index in [1.165, 1.54) is 31.0 Å². The van der Waals surface area contributed by atoms with E-state index in [4.69, 9.17) is 0 Å². The van der Waals surface area contributed by atoms with Crippen LogP contribution in [-0.2, 0) is 10.0 Å². The predicted octanol–water partition coefficient (Wildman–Crippen LogP) is 3.79. The van der Waals surface area contributed by atoms with Gasteiger partial charge in [-0.1, -0.05) is 19.1 Å². The number of benzene rings is 2. The maximum atomic E-state index is 13.8. The monoisotopic (exact) mass is 447 g/mol. The number of halogens is 1. The summed E-state index contributed by atoms with van der Waals surface area (Å²) in [7, 11) is -3.96. The molecule has 168 valence electrons. The molecule has 0 atom stereocenters. The zero-order valence-corrected chi connectivity index (χ0v) is 18.8. The molecule has 2 aromatic rings. The van der Waals surface area contributed by atoms with E-state index in [-0.39, 0.29) is 16.5 Å². The first-order valence-corrected chi connectivity index (χ1v) is 12.1. The van der Waals surface area contributed by atoms with Gasteiger partial charge < -0.3 is 10.2 Å². The second kappa shape index (κ2) is 10.2. The highest BCUT2D eigenvalue weighted by Gasteiger charge is 2.17. The number of rotatable bonds is 8. The van der Waals surface area contributed by atoms with Crippen LogP contribution in [0.1, 0.15) is 42.1 Å². The highest BCUT2D eigenvalue weighted by Crippen LogP contribution is 2.19. The minimum Gasteiger partial charge on any atom is -0.352 e. The molecule has 0 spiro atoms. The SMILES string of the molecule is Cc1ccc(S(=O)(=O)Nc2cccc(C(=O)NCCCN3CCC(C)CC3)c2)cc1F. The molecule has 0 aromatic heterocycles. The summed E-state index contributed by atoms with van der Waals surface area (Å²) in [6.45, 7) is 7.59. The van der Waals surface area contributed by atoms with Crippen LogP contribution in [0.15, 0.2) is 47.4 Å². The van der Waals surface area contributed by atoms with E-state index >= 15 is 0 Å². The third-order valence-electron chi connectivity index (χ3n) is 5.64. The second-order valence-electron chi connectivity index (χ2n) is 8.23. The van der Waals surface area contributed by atoms with Crippen LogP contribution in [0.25, 0.3) is 0 Å². The standard InChI is InChI=1S/C23H30FN3O3S/c1-17-9-13-27(14-10-17)12-4-11-25-23(28)19-5-3-6-20(15-19)26-31(29,30)21-8-7-18(2)22(24)16-21/h3,5-8,15-17,26H,4,9-14H2,1-2H3,(H,25,28). The van der Waals surface area contributed by atoms with Crippen LogP contribution in [0.4, 0.5) is 10.1 Å². The Balaban J connectivity index is 1.54. The largest absolute Gasteiger partial charge is 0.352 e. The Morgan fingerprint density at radius 2 is 1.90 bits per heavy atom. The van der Waals surface area contributed by atoms with Crippen molar-refractivity contribution >= 4 is 21.6 Å². The lowest BCUT2D eigenvalue weighted by Crippen LogP contribution is -2.35. The molecule has 1 heterocycles. The van der Waals surface area contributed by atoms with Crippen molar-refractivity contribution in [3.8, 4) is 0 Å². The number of likely N-dealkylation sites (tertiary alicyclic amines) is 1. The van der Waals surface area contributed by atoms with Crippen molar-refractivity contribution in [3.63, 3.8) is 0 Å². The summed E-state index contributed by atoms with van der Waals surface area (Å²) in [5, 5.41) is 2.89. The van der Waals surface area contributed by atoms with Crippen LogP contribution in [0, 0.1) is 18.7 Å². The fourth-order valence-electron chi connectivity index (χ4n) is 3.57. The number of carbonyl (C=O) groups is 1. The summed E-state index contributed by atoms with van der Waals surface area (Å²) in [6, 6.07) is 10.0. The van der Waals surface area contributed by atoms with Crippen LogP contribution >= 0.6 is 0 Å². The van der Waals surface area contributed by atoms with Gasteiger partial charge in [-0.2, -0.15) is 0 Å². The van der Waals surface area contributed by atoms with Crippen LogP contribution < -0.4 is 10.0 Å². The third-order valence-corrected chi connectivity index (χ3v) is 7.02. The van der Waals surface area contributed by atoms with E-state index in [9.17, 15) is 17.6 Å². The van der Waals surface area contributed by atoms with E-state index in [1.54, 1.807) is 25.1 Å². The van der Waals surface area contributed by atoms with E-state index in [0.29, 0.717) is 17.7 Å².